The van der Waals surface area contributed by atoms with Crippen molar-refractivity contribution in [3.8, 4) is 0 Å². The van der Waals surface area contributed by atoms with Gasteiger partial charge in [0.05, 0.1) is 0 Å². The van der Waals surface area contributed by atoms with E-state index in [1.807, 2.05) is 0 Å². The Kier molecular flexibility index (Phi) is 40.8. The standard InChI is InChI=1S/C6H20N2O12P4.5K/c9-21(10,11)3-7(4-22(12,13)14)1-2-8(5-23(15,16)17)6-24(18,19)20;;;;;/h1-6H2,(H2,9,10,11)(H2,12,13,14)(H2,15,16,17)(H2,18,19,20);;;;;/q;5*+1/p-5. The summed E-state index contributed by atoms with van der Waals surface area (Å²) in [6, 6.07) is 0. The molecule has 0 atom stereocenters. The molecule has 146 valence electrons. The van der Waals surface area contributed by atoms with E-state index in [-0.39, 0.29) is 261 Å². The van der Waals surface area contributed by atoms with Crippen molar-refractivity contribution in [2.75, 3.05) is 38.2 Å². The summed E-state index contributed by atoms with van der Waals surface area (Å²) in [5, 5.41) is 0. The van der Waals surface area contributed by atoms with Gasteiger partial charge in [0.25, 0.3) is 0 Å². The van der Waals surface area contributed by atoms with Crippen molar-refractivity contribution in [1.29, 1.82) is 0 Å². The van der Waals surface area contributed by atoms with Crippen LogP contribution in [0.25, 0.3) is 0 Å². The molecule has 0 N–H and O–H groups in total. The summed E-state index contributed by atoms with van der Waals surface area (Å²) in [5.41, 5.74) is 0. The third-order valence-electron chi connectivity index (χ3n) is 2.23. The van der Waals surface area contributed by atoms with Crippen LogP contribution in [0.15, 0.2) is 0 Å². The van der Waals surface area contributed by atoms with Crippen LogP contribution >= 0.6 is 30.4 Å². The van der Waals surface area contributed by atoms with Crippen molar-refractivity contribution < 1.29 is 319 Å². The van der Waals surface area contributed by atoms with E-state index in [4.69, 9.17) is 0 Å². The van der Waals surface area contributed by atoms with Crippen LogP contribution in [0.5, 0.6) is 0 Å². The van der Waals surface area contributed by atoms with E-state index in [0.29, 0.717) is 9.80 Å². The average molecular weight is 627 g/mol. The van der Waals surface area contributed by atoms with Gasteiger partial charge in [0, 0.05) is 38.2 Å². The first kappa shape index (κ1) is 50.5. The van der Waals surface area contributed by atoms with Crippen LogP contribution in [0.2, 0.25) is 0 Å². The molecular weight excluding hydrogens is 611 g/mol. The Hall–Kier alpha value is 8.70. The van der Waals surface area contributed by atoms with Gasteiger partial charge in [0.15, 0.2) is 0 Å². The number of rotatable bonds is 11. The Morgan fingerprint density at radius 3 is 0.690 bits per heavy atom. The fourth-order valence-electron chi connectivity index (χ4n) is 1.63. The molecule has 0 aliphatic heterocycles. The number of nitrogens with zero attached hydrogens (tertiary/aromatic N) is 2. The van der Waals surface area contributed by atoms with Crippen LogP contribution in [0, 0.1) is 0 Å². The van der Waals surface area contributed by atoms with Crippen molar-refractivity contribution in [3.05, 3.63) is 0 Å². The third-order valence-corrected chi connectivity index (χ3v) is 5.21. The summed E-state index contributed by atoms with van der Waals surface area (Å²) < 4.78 is 42.7. The van der Waals surface area contributed by atoms with Crippen LogP contribution in [-0.4, -0.2) is 48.0 Å². The Morgan fingerprint density at radius 2 is 0.586 bits per heavy atom. The van der Waals surface area contributed by atoms with Crippen LogP contribution in [0.4, 0.5) is 0 Å². The molecule has 0 amide bonds. The zero-order valence-electron chi connectivity index (χ0n) is 19.8. The molecule has 14 nitrogen and oxygen atoms in total. The third kappa shape index (κ3) is 38.9. The Labute approximate surface area is 385 Å². The van der Waals surface area contributed by atoms with E-state index < -0.39 is 68.6 Å². The van der Waals surface area contributed by atoms with Gasteiger partial charge in [0.1, 0.15) is 0 Å². The zero-order chi connectivity index (χ0) is 19.4. The van der Waals surface area contributed by atoms with Gasteiger partial charge in [-0.25, -0.2) is 0 Å². The van der Waals surface area contributed by atoms with Crippen LogP contribution < -0.4 is 296 Å². The second kappa shape index (κ2) is 23.4. The quantitative estimate of drug-likeness (QED) is 0.152. The summed E-state index contributed by atoms with van der Waals surface area (Å²) in [6.07, 6.45) is -5.63. The maximum absolute atomic E-state index is 10.7. The average Bonchev–Trinajstić information content (AvgIpc) is 2.16. The van der Waals surface area contributed by atoms with Gasteiger partial charge in [-0.05, 0) is 0 Å². The molecule has 0 rings (SSSR count). The van der Waals surface area contributed by atoms with Gasteiger partial charge in [0.2, 0.25) is 0 Å². The summed E-state index contributed by atoms with van der Waals surface area (Å²) in [5.74, 6) is 0. The fourth-order valence-corrected chi connectivity index (χ4v) is 4.88. The van der Waals surface area contributed by atoms with Crippen molar-refractivity contribution in [2.24, 2.45) is 0 Å². The van der Waals surface area contributed by atoms with Crippen molar-refractivity contribution >= 4 is 30.4 Å². The summed E-state index contributed by atoms with van der Waals surface area (Å²) in [7, 11) is -21.2. The molecule has 0 aromatic heterocycles. The minimum absolute atomic E-state index is 0. The first-order valence-corrected chi connectivity index (χ1v) is 12.8. The SMILES string of the molecule is O=P([O-])([O-])CN(CCN(CP(=O)([O-])[O-])CP(=O)([O-])[O-])CP(=O)([O-])[O-].[H+].[H+].[H+].[K+].[K+].[K+].[K+].[K+]. The predicted octanol–water partition coefficient (Wildman–Crippen LogP) is -21.6. The van der Waals surface area contributed by atoms with Crippen LogP contribution in [0.1, 0.15) is 4.28 Å². The molecule has 0 unspecified atom stereocenters. The molecule has 0 aliphatic rings. The monoisotopic (exact) mass is 626 g/mol. The van der Waals surface area contributed by atoms with Crippen molar-refractivity contribution in [2.45, 2.75) is 0 Å². The Morgan fingerprint density at radius 1 is 0.448 bits per heavy atom. The van der Waals surface area contributed by atoms with Crippen molar-refractivity contribution in [3.63, 3.8) is 0 Å². The molecule has 0 aromatic rings. The fraction of sp³-hybridized carbons (Fsp3) is 1.00. The predicted molar refractivity (Wildman–Crippen MR) is 66.6 cm³/mol. The van der Waals surface area contributed by atoms with Gasteiger partial charge < -0.3 is 57.4 Å². The number of hydrogen-bond acceptors (Lipinski definition) is 14. The van der Waals surface area contributed by atoms with Gasteiger partial charge in [-0.15, -0.1) is 0 Å². The zero-order valence-corrected chi connectivity index (χ0v) is 36.0. The molecule has 0 saturated carbocycles. The topological polar surface area (TPSA) is 259 Å². The molecule has 0 spiro atoms. The molecule has 0 fully saturated rings. The minimum Gasteiger partial charge on any atom is -0.810 e. The van der Waals surface area contributed by atoms with E-state index in [2.05, 4.69) is 0 Å². The molecule has 0 heterocycles. The van der Waals surface area contributed by atoms with Gasteiger partial charge in [-0.2, -0.15) is 0 Å². The van der Waals surface area contributed by atoms with E-state index >= 15 is 0 Å². The smallest absolute Gasteiger partial charge is 0.810 e. The van der Waals surface area contributed by atoms with Gasteiger partial charge >= 0.3 is 261 Å². The molecule has 29 heavy (non-hydrogen) atoms. The maximum atomic E-state index is 10.7. The van der Waals surface area contributed by atoms with Crippen LogP contribution in [-0.2, 0) is 18.3 Å². The molecule has 0 aromatic carbocycles. The van der Waals surface area contributed by atoms with E-state index in [9.17, 15) is 57.4 Å². The number of hydrogen-bond donors (Lipinski definition) is 0. The maximum Gasteiger partial charge on any atom is 1.00 e. The molecule has 0 saturated heterocycles. The van der Waals surface area contributed by atoms with E-state index in [1.165, 1.54) is 0 Å². The molecular formula is C6H15K5N2O12P4. The molecule has 0 aliphatic carbocycles. The minimum atomic E-state index is -5.30. The first-order valence-electron chi connectivity index (χ1n) is 5.85. The normalized spacial score (nSPS) is 12.1. The summed E-state index contributed by atoms with van der Waals surface area (Å²) >= 11 is 0. The largest absolute Gasteiger partial charge is 1.00 e. The van der Waals surface area contributed by atoms with E-state index in [1.54, 1.807) is 0 Å². The second-order valence-corrected chi connectivity index (χ2v) is 10.8. The molecule has 23 heteroatoms. The van der Waals surface area contributed by atoms with Gasteiger partial charge in [-0.3, -0.25) is 9.80 Å². The first-order chi connectivity index (χ1) is 10.4. The summed E-state index contributed by atoms with van der Waals surface area (Å²) in [4.78, 5) is 85.9. The molecule has 0 bridgehead atoms. The van der Waals surface area contributed by atoms with Gasteiger partial charge in [-0.1, -0.05) is 30.4 Å². The summed E-state index contributed by atoms with van der Waals surface area (Å²) in [6.45, 7) is -1.55. The Balaban J connectivity index is -0.0000000945. The molecule has 0 radical (unpaired) electrons. The van der Waals surface area contributed by atoms with E-state index in [0.717, 1.165) is 0 Å². The second-order valence-electron chi connectivity index (χ2n) is 4.80. The van der Waals surface area contributed by atoms with Crippen LogP contribution in [0.3, 0.4) is 0 Å². The Bertz CT molecular complexity index is 520. The van der Waals surface area contributed by atoms with Crippen molar-refractivity contribution in [1.82, 2.24) is 9.80 Å².